The number of nitriles is 1. The van der Waals surface area contributed by atoms with Gasteiger partial charge in [-0.25, -0.2) is 0 Å². The molecule has 0 bridgehead atoms. The topological polar surface area (TPSA) is 64.3 Å². The van der Waals surface area contributed by atoms with E-state index in [0.29, 0.717) is 19.5 Å². The molecule has 0 aromatic heterocycles. The Morgan fingerprint density at radius 3 is 2.82 bits per heavy atom. The van der Waals surface area contributed by atoms with Crippen molar-refractivity contribution in [1.29, 1.82) is 5.26 Å². The largest absolute Gasteiger partial charge is 0.481 e. The minimum absolute atomic E-state index is 0.147. The summed E-state index contributed by atoms with van der Waals surface area (Å²) >= 11 is 0. The standard InChI is InChI=1S/C13H16N2O2/c1-15(8-6-13(16)17)10-12-4-2-3-11(9-12)5-7-14/h2-4,9H,5-6,8,10H2,1H3,(H,16,17). The van der Waals surface area contributed by atoms with E-state index in [9.17, 15) is 4.79 Å². The first-order valence-corrected chi connectivity index (χ1v) is 5.47. The molecule has 0 fully saturated rings. The Hall–Kier alpha value is -1.86. The fourth-order valence-corrected chi connectivity index (χ4v) is 1.61. The molecule has 0 radical (unpaired) electrons. The molecule has 1 aromatic rings. The van der Waals surface area contributed by atoms with Gasteiger partial charge in [-0.05, 0) is 18.2 Å². The van der Waals surface area contributed by atoms with E-state index in [1.807, 2.05) is 36.2 Å². The van der Waals surface area contributed by atoms with E-state index in [4.69, 9.17) is 10.4 Å². The number of carbonyl (C=O) groups is 1. The lowest BCUT2D eigenvalue weighted by Crippen LogP contribution is -2.21. The van der Waals surface area contributed by atoms with Crippen LogP contribution < -0.4 is 0 Å². The second-order valence-corrected chi connectivity index (χ2v) is 4.04. The summed E-state index contributed by atoms with van der Waals surface area (Å²) in [4.78, 5) is 12.4. The minimum atomic E-state index is -0.782. The van der Waals surface area contributed by atoms with Gasteiger partial charge < -0.3 is 10.0 Å². The Kier molecular flexibility index (Phi) is 5.18. The number of nitrogens with zero attached hydrogens (tertiary/aromatic N) is 2. The zero-order valence-corrected chi connectivity index (χ0v) is 9.89. The van der Waals surface area contributed by atoms with E-state index < -0.39 is 5.97 Å². The highest BCUT2D eigenvalue weighted by atomic mass is 16.4. The maximum absolute atomic E-state index is 10.4. The summed E-state index contributed by atoms with van der Waals surface area (Å²) in [6, 6.07) is 9.93. The molecule has 17 heavy (non-hydrogen) atoms. The molecule has 4 nitrogen and oxygen atoms in total. The Morgan fingerprint density at radius 1 is 1.47 bits per heavy atom. The fourth-order valence-electron chi connectivity index (χ4n) is 1.61. The van der Waals surface area contributed by atoms with E-state index in [0.717, 1.165) is 11.1 Å². The fraction of sp³-hybridized carbons (Fsp3) is 0.385. The van der Waals surface area contributed by atoms with Crippen LogP contribution in [-0.4, -0.2) is 29.6 Å². The molecular weight excluding hydrogens is 216 g/mol. The highest BCUT2D eigenvalue weighted by Gasteiger charge is 2.04. The maximum Gasteiger partial charge on any atom is 0.304 e. The third-order valence-electron chi connectivity index (χ3n) is 2.43. The molecule has 0 aliphatic heterocycles. The summed E-state index contributed by atoms with van der Waals surface area (Å²) in [5.41, 5.74) is 2.10. The molecule has 4 heteroatoms. The number of carboxylic acid groups (broad SMARTS) is 1. The summed E-state index contributed by atoms with van der Waals surface area (Å²) in [5.74, 6) is -0.782. The molecule has 0 unspecified atom stereocenters. The Bertz CT molecular complexity index is 424. The third-order valence-corrected chi connectivity index (χ3v) is 2.43. The predicted octanol–water partition coefficient (Wildman–Crippen LogP) is 1.66. The zero-order chi connectivity index (χ0) is 12.7. The van der Waals surface area contributed by atoms with Gasteiger partial charge in [0.05, 0.1) is 18.9 Å². The summed E-state index contributed by atoms with van der Waals surface area (Å²) in [6.07, 6.45) is 0.557. The molecule has 0 heterocycles. The van der Waals surface area contributed by atoms with Crippen molar-refractivity contribution in [2.24, 2.45) is 0 Å². The van der Waals surface area contributed by atoms with Gasteiger partial charge in [0.25, 0.3) is 0 Å². The highest BCUT2D eigenvalue weighted by Crippen LogP contribution is 2.08. The van der Waals surface area contributed by atoms with Crippen molar-refractivity contribution >= 4 is 5.97 Å². The van der Waals surface area contributed by atoms with Crippen LogP contribution in [0.5, 0.6) is 0 Å². The molecule has 0 aliphatic carbocycles. The summed E-state index contributed by atoms with van der Waals surface area (Å²) in [6.45, 7) is 1.23. The molecule has 0 saturated carbocycles. The van der Waals surface area contributed by atoms with Gasteiger partial charge in [0.15, 0.2) is 0 Å². The first kappa shape index (κ1) is 13.2. The third kappa shape index (κ3) is 5.14. The van der Waals surface area contributed by atoms with Crippen molar-refractivity contribution in [2.75, 3.05) is 13.6 Å². The van der Waals surface area contributed by atoms with E-state index >= 15 is 0 Å². The van der Waals surface area contributed by atoms with Crippen molar-refractivity contribution < 1.29 is 9.90 Å². The van der Waals surface area contributed by atoms with Crippen LogP contribution in [0.15, 0.2) is 24.3 Å². The molecule has 0 amide bonds. The molecule has 0 aliphatic rings. The van der Waals surface area contributed by atoms with Crippen LogP contribution in [0.2, 0.25) is 0 Å². The van der Waals surface area contributed by atoms with Crippen LogP contribution in [0.1, 0.15) is 17.5 Å². The summed E-state index contributed by atoms with van der Waals surface area (Å²) < 4.78 is 0. The lowest BCUT2D eigenvalue weighted by molar-refractivity contribution is -0.137. The maximum atomic E-state index is 10.4. The number of rotatable bonds is 6. The minimum Gasteiger partial charge on any atom is -0.481 e. The van der Waals surface area contributed by atoms with Gasteiger partial charge >= 0.3 is 5.97 Å². The SMILES string of the molecule is CN(CCC(=O)O)Cc1cccc(CC#N)c1. The van der Waals surface area contributed by atoms with E-state index in [1.54, 1.807) is 0 Å². The lowest BCUT2D eigenvalue weighted by atomic mass is 10.1. The van der Waals surface area contributed by atoms with Gasteiger partial charge in [-0.15, -0.1) is 0 Å². The summed E-state index contributed by atoms with van der Waals surface area (Å²) in [7, 11) is 1.89. The van der Waals surface area contributed by atoms with Crippen LogP contribution in [-0.2, 0) is 17.8 Å². The molecule has 0 atom stereocenters. The van der Waals surface area contributed by atoms with Crippen LogP contribution in [0.3, 0.4) is 0 Å². The average molecular weight is 232 g/mol. The second kappa shape index (κ2) is 6.66. The Morgan fingerprint density at radius 2 is 2.18 bits per heavy atom. The molecule has 1 N–H and O–H groups in total. The van der Waals surface area contributed by atoms with Crippen molar-refractivity contribution in [3.63, 3.8) is 0 Å². The van der Waals surface area contributed by atoms with Crippen molar-refractivity contribution in [3.05, 3.63) is 35.4 Å². The smallest absolute Gasteiger partial charge is 0.304 e. The Labute approximate surface area is 101 Å². The van der Waals surface area contributed by atoms with Crippen LogP contribution in [0, 0.1) is 11.3 Å². The quantitative estimate of drug-likeness (QED) is 0.810. The first-order valence-electron chi connectivity index (χ1n) is 5.47. The first-order chi connectivity index (χ1) is 8.11. The number of hydrogen-bond donors (Lipinski definition) is 1. The van der Waals surface area contributed by atoms with Crippen molar-refractivity contribution in [3.8, 4) is 6.07 Å². The van der Waals surface area contributed by atoms with E-state index in [-0.39, 0.29) is 6.42 Å². The van der Waals surface area contributed by atoms with E-state index in [2.05, 4.69) is 6.07 Å². The lowest BCUT2D eigenvalue weighted by Gasteiger charge is -2.15. The molecule has 1 aromatic carbocycles. The molecule has 90 valence electrons. The van der Waals surface area contributed by atoms with Crippen LogP contribution in [0.25, 0.3) is 0 Å². The predicted molar refractivity (Wildman–Crippen MR) is 64.3 cm³/mol. The second-order valence-electron chi connectivity index (χ2n) is 4.04. The van der Waals surface area contributed by atoms with Crippen molar-refractivity contribution in [2.45, 2.75) is 19.4 Å². The number of benzene rings is 1. The van der Waals surface area contributed by atoms with Crippen LogP contribution in [0.4, 0.5) is 0 Å². The monoisotopic (exact) mass is 232 g/mol. The molecule has 0 saturated heterocycles. The average Bonchev–Trinajstić information content (AvgIpc) is 2.27. The number of aliphatic carboxylic acids is 1. The van der Waals surface area contributed by atoms with Crippen LogP contribution >= 0.6 is 0 Å². The number of hydrogen-bond acceptors (Lipinski definition) is 3. The molecular formula is C13H16N2O2. The van der Waals surface area contributed by atoms with Gasteiger partial charge in [-0.2, -0.15) is 5.26 Å². The van der Waals surface area contributed by atoms with Gasteiger partial charge in [0, 0.05) is 13.1 Å². The van der Waals surface area contributed by atoms with Gasteiger partial charge in [0.1, 0.15) is 0 Å². The number of carboxylic acids is 1. The van der Waals surface area contributed by atoms with Crippen molar-refractivity contribution in [1.82, 2.24) is 4.90 Å². The summed E-state index contributed by atoms with van der Waals surface area (Å²) in [5, 5.41) is 17.2. The van der Waals surface area contributed by atoms with Gasteiger partial charge in [-0.3, -0.25) is 4.79 Å². The van der Waals surface area contributed by atoms with Gasteiger partial charge in [0.2, 0.25) is 0 Å². The van der Waals surface area contributed by atoms with Gasteiger partial charge in [-0.1, -0.05) is 24.3 Å². The molecule has 1 rings (SSSR count). The normalized spacial score (nSPS) is 10.2. The Balaban J connectivity index is 2.53. The zero-order valence-electron chi connectivity index (χ0n) is 9.89. The molecule has 0 spiro atoms. The highest BCUT2D eigenvalue weighted by molar-refractivity contribution is 5.66. The van der Waals surface area contributed by atoms with E-state index in [1.165, 1.54) is 0 Å².